The maximum Gasteiger partial charge on any atom is 0.335 e. The zero-order chi connectivity index (χ0) is 21.8. The number of hydrazone groups is 1. The van der Waals surface area contributed by atoms with E-state index in [0.29, 0.717) is 31.9 Å². The summed E-state index contributed by atoms with van der Waals surface area (Å²) in [5.41, 5.74) is 5.34. The van der Waals surface area contributed by atoms with Crippen molar-refractivity contribution in [3.63, 3.8) is 0 Å². The van der Waals surface area contributed by atoms with E-state index < -0.39 is 5.97 Å². The first-order chi connectivity index (χ1) is 14.3. The van der Waals surface area contributed by atoms with Crippen LogP contribution in [0.4, 0.5) is 5.69 Å². The lowest BCUT2D eigenvalue weighted by Gasteiger charge is -2.08. The normalized spacial score (nSPS) is 11.2. The van der Waals surface area contributed by atoms with E-state index in [1.807, 2.05) is 0 Å². The number of thiocarbonyl (C=S) groups is 1. The van der Waals surface area contributed by atoms with Crippen LogP contribution in [0.3, 0.4) is 0 Å². The summed E-state index contributed by atoms with van der Waals surface area (Å²) in [6, 6.07) is 11.3. The smallest absolute Gasteiger partial charge is 0.335 e. The standard InChI is InChI=1S/C20H15Cl2N3O3S2/c1-10(24-25-20(29)23-13-5-2-11(3-6-13)19(27)28)14-9-30-18(17(14)26)12-4-7-15(21)16(22)8-12/h2-9,26H,1H3,(H,27,28)(H2,23,25,29)/b24-10+. The van der Waals surface area contributed by atoms with E-state index in [0.717, 1.165) is 5.56 Å². The van der Waals surface area contributed by atoms with Crippen molar-refractivity contribution in [2.24, 2.45) is 5.10 Å². The monoisotopic (exact) mass is 479 g/mol. The van der Waals surface area contributed by atoms with Gasteiger partial charge in [0.05, 0.1) is 31.8 Å². The van der Waals surface area contributed by atoms with Crippen molar-refractivity contribution in [3.8, 4) is 16.2 Å². The first-order valence-corrected chi connectivity index (χ1v) is 10.5. The third kappa shape index (κ3) is 5.09. The summed E-state index contributed by atoms with van der Waals surface area (Å²) in [6.07, 6.45) is 0. The van der Waals surface area contributed by atoms with Crippen molar-refractivity contribution in [1.82, 2.24) is 5.43 Å². The van der Waals surface area contributed by atoms with Crippen LogP contribution < -0.4 is 10.7 Å². The average molecular weight is 480 g/mol. The Labute approximate surface area is 191 Å². The Bertz CT molecular complexity index is 1140. The van der Waals surface area contributed by atoms with Gasteiger partial charge in [-0.1, -0.05) is 29.3 Å². The van der Waals surface area contributed by atoms with Gasteiger partial charge >= 0.3 is 5.97 Å². The molecule has 6 nitrogen and oxygen atoms in total. The number of benzene rings is 2. The quantitative estimate of drug-likeness (QED) is 0.208. The van der Waals surface area contributed by atoms with Gasteiger partial charge in [-0.15, -0.1) is 11.3 Å². The summed E-state index contributed by atoms with van der Waals surface area (Å²) in [4.78, 5) is 11.5. The summed E-state index contributed by atoms with van der Waals surface area (Å²) < 4.78 is 0. The second-order valence-electron chi connectivity index (χ2n) is 6.10. The summed E-state index contributed by atoms with van der Waals surface area (Å²) in [6.45, 7) is 1.73. The predicted octanol–water partition coefficient (Wildman–Crippen LogP) is 5.84. The second-order valence-corrected chi connectivity index (χ2v) is 8.20. The van der Waals surface area contributed by atoms with E-state index in [1.54, 1.807) is 42.6 Å². The number of carboxylic acids is 1. The molecule has 0 unspecified atom stereocenters. The molecule has 0 aliphatic rings. The van der Waals surface area contributed by atoms with E-state index >= 15 is 0 Å². The van der Waals surface area contributed by atoms with Crippen LogP contribution in [0.5, 0.6) is 5.75 Å². The number of thiophene rings is 1. The van der Waals surface area contributed by atoms with Gasteiger partial charge < -0.3 is 15.5 Å². The van der Waals surface area contributed by atoms with Gasteiger partial charge in [0.1, 0.15) is 5.75 Å². The van der Waals surface area contributed by atoms with E-state index in [9.17, 15) is 9.90 Å². The number of nitrogens with one attached hydrogen (secondary N) is 2. The molecule has 0 fully saturated rings. The molecule has 10 heteroatoms. The lowest BCUT2D eigenvalue weighted by Crippen LogP contribution is -2.24. The average Bonchev–Trinajstić information content (AvgIpc) is 3.10. The number of hydrogen-bond acceptors (Lipinski definition) is 5. The molecule has 0 aliphatic heterocycles. The van der Waals surface area contributed by atoms with Crippen LogP contribution in [0.2, 0.25) is 10.0 Å². The van der Waals surface area contributed by atoms with Crippen LogP contribution in [0, 0.1) is 0 Å². The van der Waals surface area contributed by atoms with Crippen LogP contribution in [0.15, 0.2) is 52.9 Å². The zero-order valence-electron chi connectivity index (χ0n) is 15.4. The van der Waals surface area contributed by atoms with Crippen molar-refractivity contribution in [2.75, 3.05) is 5.32 Å². The van der Waals surface area contributed by atoms with Gasteiger partial charge in [0.2, 0.25) is 0 Å². The third-order valence-electron chi connectivity index (χ3n) is 4.05. The molecule has 0 aliphatic carbocycles. The SMILES string of the molecule is C/C(=N\NC(=S)Nc1ccc(C(=O)O)cc1)c1csc(-c2ccc(Cl)c(Cl)c2)c1O. The topological polar surface area (TPSA) is 94.0 Å². The summed E-state index contributed by atoms with van der Waals surface area (Å²) in [5.74, 6) is -0.914. The van der Waals surface area contributed by atoms with E-state index in [1.165, 1.54) is 23.5 Å². The highest BCUT2D eigenvalue weighted by Gasteiger charge is 2.15. The first-order valence-electron chi connectivity index (χ1n) is 8.47. The summed E-state index contributed by atoms with van der Waals surface area (Å²) >= 11 is 18.6. The highest BCUT2D eigenvalue weighted by Crippen LogP contribution is 2.40. The minimum atomic E-state index is -1.00. The van der Waals surface area contributed by atoms with Gasteiger partial charge in [-0.3, -0.25) is 5.43 Å². The minimum Gasteiger partial charge on any atom is -0.506 e. The van der Waals surface area contributed by atoms with Crippen molar-refractivity contribution in [3.05, 3.63) is 69.0 Å². The molecule has 30 heavy (non-hydrogen) atoms. The largest absolute Gasteiger partial charge is 0.506 e. The van der Waals surface area contributed by atoms with E-state index in [2.05, 4.69) is 15.8 Å². The molecule has 0 bridgehead atoms. The molecule has 1 heterocycles. The molecular formula is C20H15Cl2N3O3S2. The van der Waals surface area contributed by atoms with Crippen molar-refractivity contribution in [2.45, 2.75) is 6.92 Å². The first kappa shape index (κ1) is 22.0. The van der Waals surface area contributed by atoms with Crippen molar-refractivity contribution in [1.29, 1.82) is 0 Å². The van der Waals surface area contributed by atoms with Gasteiger partial charge in [0, 0.05) is 11.1 Å². The van der Waals surface area contributed by atoms with Gasteiger partial charge in [0.25, 0.3) is 0 Å². The van der Waals surface area contributed by atoms with E-state index in [-0.39, 0.29) is 16.4 Å². The molecule has 4 N–H and O–H groups in total. The molecule has 0 saturated carbocycles. The molecule has 1 aromatic heterocycles. The molecule has 154 valence electrons. The molecule has 0 radical (unpaired) electrons. The maximum absolute atomic E-state index is 10.9. The zero-order valence-corrected chi connectivity index (χ0v) is 18.6. The molecule has 0 amide bonds. The highest BCUT2D eigenvalue weighted by atomic mass is 35.5. The van der Waals surface area contributed by atoms with Crippen LogP contribution in [-0.4, -0.2) is 27.0 Å². The molecule has 0 saturated heterocycles. The molecule has 0 spiro atoms. The Morgan fingerprint density at radius 3 is 2.47 bits per heavy atom. The molecule has 2 aromatic carbocycles. The Morgan fingerprint density at radius 2 is 1.83 bits per heavy atom. The number of rotatable bonds is 5. The van der Waals surface area contributed by atoms with Crippen molar-refractivity contribution < 1.29 is 15.0 Å². The van der Waals surface area contributed by atoms with Gasteiger partial charge in [-0.25, -0.2) is 4.79 Å². The highest BCUT2D eigenvalue weighted by molar-refractivity contribution is 7.80. The second kappa shape index (κ2) is 9.44. The Kier molecular flexibility index (Phi) is 6.94. The Balaban J connectivity index is 1.69. The number of nitrogens with zero attached hydrogens (tertiary/aromatic N) is 1. The fourth-order valence-corrected chi connectivity index (χ4v) is 3.96. The Hall–Kier alpha value is -2.65. The van der Waals surface area contributed by atoms with Crippen molar-refractivity contribution >= 4 is 69.2 Å². The fraction of sp³-hybridized carbons (Fsp3) is 0.0500. The number of aromatic hydroxyl groups is 1. The lowest BCUT2D eigenvalue weighted by atomic mass is 10.1. The predicted molar refractivity (Wildman–Crippen MR) is 126 cm³/mol. The number of anilines is 1. The maximum atomic E-state index is 10.9. The molecule has 3 rings (SSSR count). The van der Waals surface area contributed by atoms with Crippen LogP contribution in [-0.2, 0) is 0 Å². The minimum absolute atomic E-state index is 0.0876. The van der Waals surface area contributed by atoms with Gasteiger partial charge in [0.15, 0.2) is 5.11 Å². The van der Waals surface area contributed by atoms with Gasteiger partial charge in [-0.05, 0) is 61.1 Å². The number of aromatic carboxylic acids is 1. The third-order valence-corrected chi connectivity index (χ3v) is 6.00. The summed E-state index contributed by atoms with van der Waals surface area (Å²) in [7, 11) is 0. The van der Waals surface area contributed by atoms with Crippen LogP contribution >= 0.6 is 46.8 Å². The molecular weight excluding hydrogens is 465 g/mol. The lowest BCUT2D eigenvalue weighted by molar-refractivity contribution is 0.0697. The molecule has 3 aromatic rings. The number of carboxylic acid groups (broad SMARTS) is 1. The number of hydrogen-bond donors (Lipinski definition) is 4. The Morgan fingerprint density at radius 1 is 1.13 bits per heavy atom. The van der Waals surface area contributed by atoms with Gasteiger partial charge in [-0.2, -0.15) is 5.10 Å². The summed E-state index contributed by atoms with van der Waals surface area (Å²) in [5, 5.41) is 29.5. The van der Waals surface area contributed by atoms with Crippen LogP contribution in [0.1, 0.15) is 22.8 Å². The number of carbonyl (C=O) groups is 1. The number of halogens is 2. The fourth-order valence-electron chi connectivity index (χ4n) is 2.50. The molecule has 0 atom stereocenters. The van der Waals surface area contributed by atoms with E-state index in [4.69, 9.17) is 40.5 Å². The van der Waals surface area contributed by atoms with Crippen LogP contribution in [0.25, 0.3) is 10.4 Å².